The Morgan fingerprint density at radius 3 is 2.68 bits per heavy atom. The number of benzene rings is 1. The van der Waals surface area contributed by atoms with Crippen LogP contribution < -0.4 is 5.32 Å². The van der Waals surface area contributed by atoms with Gasteiger partial charge in [-0.15, -0.1) is 0 Å². The summed E-state index contributed by atoms with van der Waals surface area (Å²) in [6, 6.07) is 8.44. The zero-order chi connectivity index (χ0) is 15.9. The molecule has 1 saturated heterocycles. The summed E-state index contributed by atoms with van der Waals surface area (Å²) in [5.41, 5.74) is 0.904. The van der Waals surface area contributed by atoms with Crippen molar-refractivity contribution in [1.82, 2.24) is 10.2 Å². The minimum atomic E-state index is -0.998. The van der Waals surface area contributed by atoms with Gasteiger partial charge in [-0.05, 0) is 31.2 Å². The van der Waals surface area contributed by atoms with Gasteiger partial charge in [-0.1, -0.05) is 37.3 Å². The van der Waals surface area contributed by atoms with E-state index < -0.39 is 12.0 Å². The van der Waals surface area contributed by atoms with Gasteiger partial charge >= 0.3 is 12.0 Å². The van der Waals surface area contributed by atoms with Crippen LogP contribution in [-0.2, 0) is 11.2 Å². The fourth-order valence-corrected chi connectivity index (χ4v) is 2.97. The monoisotopic (exact) mass is 304 g/mol. The fraction of sp³-hybridized carbons (Fsp3) is 0.529. The van der Waals surface area contributed by atoms with Crippen LogP contribution in [0.5, 0.6) is 0 Å². The lowest BCUT2D eigenvalue weighted by molar-refractivity contribution is -0.139. The van der Waals surface area contributed by atoms with E-state index in [4.69, 9.17) is 0 Å². The highest BCUT2D eigenvalue weighted by atomic mass is 16.4. The molecule has 1 fully saturated rings. The van der Waals surface area contributed by atoms with Crippen molar-refractivity contribution >= 4 is 12.0 Å². The lowest BCUT2D eigenvalue weighted by Crippen LogP contribution is -2.53. The molecule has 1 aromatic carbocycles. The SMILES string of the molecule is CC[C@@H]1CCCCN1C(=O)N[C@@H](Cc1ccccc1)C(=O)O. The largest absolute Gasteiger partial charge is 0.480 e. The number of piperidine rings is 1. The molecule has 0 aliphatic carbocycles. The topological polar surface area (TPSA) is 69.6 Å². The molecular weight excluding hydrogens is 280 g/mol. The van der Waals surface area contributed by atoms with Gasteiger partial charge in [-0.25, -0.2) is 9.59 Å². The van der Waals surface area contributed by atoms with Crippen molar-refractivity contribution in [1.29, 1.82) is 0 Å². The van der Waals surface area contributed by atoms with Crippen molar-refractivity contribution in [3.8, 4) is 0 Å². The minimum absolute atomic E-state index is 0.222. The van der Waals surface area contributed by atoms with E-state index in [-0.39, 0.29) is 12.1 Å². The Kier molecular flexibility index (Phi) is 5.81. The first-order chi connectivity index (χ1) is 10.6. The second-order valence-corrected chi connectivity index (χ2v) is 5.78. The van der Waals surface area contributed by atoms with Crippen molar-refractivity contribution in [2.75, 3.05) is 6.54 Å². The molecule has 0 unspecified atom stereocenters. The minimum Gasteiger partial charge on any atom is -0.480 e. The average Bonchev–Trinajstić information content (AvgIpc) is 2.55. The molecule has 0 bridgehead atoms. The molecule has 1 aromatic rings. The van der Waals surface area contributed by atoms with Gasteiger partial charge in [0, 0.05) is 19.0 Å². The maximum atomic E-state index is 12.4. The summed E-state index contributed by atoms with van der Waals surface area (Å²) in [5.74, 6) is -0.998. The van der Waals surface area contributed by atoms with Gasteiger partial charge in [0.1, 0.15) is 6.04 Å². The third-order valence-corrected chi connectivity index (χ3v) is 4.24. The number of hydrogen-bond donors (Lipinski definition) is 2. The van der Waals surface area contributed by atoms with E-state index in [1.54, 1.807) is 4.90 Å². The maximum Gasteiger partial charge on any atom is 0.326 e. The van der Waals surface area contributed by atoms with Gasteiger partial charge in [0.05, 0.1) is 0 Å². The van der Waals surface area contributed by atoms with Crippen molar-refractivity contribution in [3.05, 3.63) is 35.9 Å². The highest BCUT2D eigenvalue weighted by Crippen LogP contribution is 2.19. The number of nitrogens with one attached hydrogen (secondary N) is 1. The van der Waals surface area contributed by atoms with Crippen LogP contribution in [0.3, 0.4) is 0 Å². The number of aliphatic carboxylic acids is 1. The van der Waals surface area contributed by atoms with Crippen LogP contribution >= 0.6 is 0 Å². The number of likely N-dealkylation sites (tertiary alicyclic amines) is 1. The van der Waals surface area contributed by atoms with Gasteiger partial charge in [0.25, 0.3) is 0 Å². The molecule has 22 heavy (non-hydrogen) atoms. The van der Waals surface area contributed by atoms with E-state index in [0.29, 0.717) is 13.0 Å². The number of hydrogen-bond acceptors (Lipinski definition) is 2. The molecular formula is C17H24N2O3. The number of carboxylic acids is 1. The smallest absolute Gasteiger partial charge is 0.326 e. The quantitative estimate of drug-likeness (QED) is 0.878. The molecule has 1 aliphatic heterocycles. The number of carbonyl (C=O) groups is 2. The highest BCUT2D eigenvalue weighted by Gasteiger charge is 2.28. The fourth-order valence-electron chi connectivity index (χ4n) is 2.97. The molecule has 0 radical (unpaired) electrons. The normalized spacial score (nSPS) is 19.5. The molecule has 0 spiro atoms. The number of nitrogens with zero attached hydrogens (tertiary/aromatic N) is 1. The molecule has 2 atom stereocenters. The molecule has 2 amide bonds. The highest BCUT2D eigenvalue weighted by molar-refractivity contribution is 5.83. The number of urea groups is 1. The molecule has 1 heterocycles. The van der Waals surface area contributed by atoms with Gasteiger partial charge in [-0.3, -0.25) is 0 Å². The lowest BCUT2D eigenvalue weighted by Gasteiger charge is -2.35. The van der Waals surface area contributed by atoms with E-state index in [1.807, 2.05) is 30.3 Å². The first kappa shape index (κ1) is 16.3. The van der Waals surface area contributed by atoms with Crippen molar-refractivity contribution in [2.45, 2.75) is 51.1 Å². The summed E-state index contributed by atoms with van der Waals surface area (Å²) in [6.07, 6.45) is 4.33. The third kappa shape index (κ3) is 4.23. The Balaban J connectivity index is 2.01. The first-order valence-electron chi connectivity index (χ1n) is 7.95. The summed E-state index contributed by atoms with van der Waals surface area (Å²) in [4.78, 5) is 25.7. The van der Waals surface area contributed by atoms with Crippen LogP contribution in [0, 0.1) is 0 Å². The van der Waals surface area contributed by atoms with E-state index in [0.717, 1.165) is 31.2 Å². The van der Waals surface area contributed by atoms with Gasteiger partial charge in [0.15, 0.2) is 0 Å². The summed E-state index contributed by atoms with van der Waals surface area (Å²) in [6.45, 7) is 2.77. The average molecular weight is 304 g/mol. The van der Waals surface area contributed by atoms with E-state index in [1.165, 1.54) is 0 Å². The van der Waals surface area contributed by atoms with Crippen LogP contribution in [0.4, 0.5) is 4.79 Å². The van der Waals surface area contributed by atoms with Crippen LogP contribution in [0.2, 0.25) is 0 Å². The second-order valence-electron chi connectivity index (χ2n) is 5.78. The summed E-state index contributed by atoms with van der Waals surface area (Å²) >= 11 is 0. The summed E-state index contributed by atoms with van der Waals surface area (Å²) < 4.78 is 0. The Morgan fingerprint density at radius 2 is 2.05 bits per heavy atom. The number of rotatable bonds is 5. The van der Waals surface area contributed by atoms with Crippen LogP contribution in [0.25, 0.3) is 0 Å². The molecule has 120 valence electrons. The van der Waals surface area contributed by atoms with Gasteiger partial charge in [-0.2, -0.15) is 0 Å². The molecule has 2 N–H and O–H groups in total. The van der Waals surface area contributed by atoms with Gasteiger partial charge in [0.2, 0.25) is 0 Å². The Hall–Kier alpha value is -2.04. The Labute approximate surface area is 131 Å². The van der Waals surface area contributed by atoms with Crippen LogP contribution in [-0.4, -0.2) is 40.6 Å². The summed E-state index contributed by atoms with van der Waals surface area (Å²) in [7, 11) is 0. The molecule has 2 rings (SSSR count). The maximum absolute atomic E-state index is 12.4. The molecule has 0 aromatic heterocycles. The Bertz CT molecular complexity index is 504. The van der Waals surface area contributed by atoms with Crippen molar-refractivity contribution in [2.24, 2.45) is 0 Å². The predicted molar refractivity (Wildman–Crippen MR) is 84.7 cm³/mol. The molecule has 5 heteroatoms. The zero-order valence-corrected chi connectivity index (χ0v) is 13.0. The van der Waals surface area contributed by atoms with E-state index in [2.05, 4.69) is 12.2 Å². The van der Waals surface area contributed by atoms with Crippen LogP contribution in [0.15, 0.2) is 30.3 Å². The number of carboxylic acid groups (broad SMARTS) is 1. The van der Waals surface area contributed by atoms with E-state index in [9.17, 15) is 14.7 Å². The van der Waals surface area contributed by atoms with E-state index >= 15 is 0 Å². The van der Waals surface area contributed by atoms with Crippen molar-refractivity contribution in [3.63, 3.8) is 0 Å². The first-order valence-corrected chi connectivity index (χ1v) is 7.95. The van der Waals surface area contributed by atoms with Crippen molar-refractivity contribution < 1.29 is 14.7 Å². The number of carbonyl (C=O) groups excluding carboxylic acids is 1. The lowest BCUT2D eigenvalue weighted by atomic mass is 10.0. The molecule has 0 saturated carbocycles. The van der Waals surface area contributed by atoms with Crippen LogP contribution in [0.1, 0.15) is 38.2 Å². The Morgan fingerprint density at radius 1 is 1.32 bits per heavy atom. The summed E-state index contributed by atoms with van der Waals surface area (Å²) in [5, 5.41) is 12.1. The zero-order valence-electron chi connectivity index (χ0n) is 13.0. The third-order valence-electron chi connectivity index (χ3n) is 4.24. The van der Waals surface area contributed by atoms with Gasteiger partial charge < -0.3 is 15.3 Å². The number of amides is 2. The standard InChI is InChI=1S/C17H24N2O3/c1-2-14-10-6-7-11-19(14)17(22)18-15(16(20)21)12-13-8-4-3-5-9-13/h3-5,8-9,14-15H,2,6-7,10-12H2,1H3,(H,18,22)(H,20,21)/t14-,15+/m1/s1. The molecule has 5 nitrogen and oxygen atoms in total. The second kappa shape index (κ2) is 7.82. The molecule has 1 aliphatic rings. The predicted octanol–water partition coefficient (Wildman–Crippen LogP) is 2.66.